The van der Waals surface area contributed by atoms with Crippen LogP contribution in [0.3, 0.4) is 0 Å². The number of amides is 1. The molecule has 0 unspecified atom stereocenters. The van der Waals surface area contributed by atoms with Crippen LogP contribution in [0.15, 0.2) is 24.3 Å². The second-order valence-electron chi connectivity index (χ2n) is 10.3. The molecule has 0 bridgehead atoms. The van der Waals surface area contributed by atoms with Gasteiger partial charge in [-0.15, -0.1) is 4.72 Å². The summed E-state index contributed by atoms with van der Waals surface area (Å²) in [6, 6.07) is 5.99. The maximum atomic E-state index is 14.9. The van der Waals surface area contributed by atoms with Gasteiger partial charge in [0.2, 0.25) is 0 Å². The second-order valence-corrected chi connectivity index (χ2v) is 12.3. The normalized spacial score (nSPS) is 17.8. The number of rotatable bonds is 7. The van der Waals surface area contributed by atoms with E-state index in [1.807, 2.05) is 27.7 Å². The van der Waals surface area contributed by atoms with Crippen molar-refractivity contribution in [1.82, 2.24) is 9.62 Å². The highest BCUT2D eigenvalue weighted by atomic mass is 32.2. The molecule has 2 atom stereocenters. The first-order valence-corrected chi connectivity index (χ1v) is 11.9. The van der Waals surface area contributed by atoms with E-state index in [9.17, 15) is 18.1 Å². The molecule has 1 aliphatic heterocycles. The van der Waals surface area contributed by atoms with Crippen LogP contribution in [0.4, 0.5) is 13.6 Å². The van der Waals surface area contributed by atoms with Gasteiger partial charge < -0.3 is 14.2 Å². The van der Waals surface area contributed by atoms with Crippen molar-refractivity contribution in [2.75, 3.05) is 13.1 Å². The molecule has 176 valence electrons. The number of carbonyl (C=O) groups excluding carboxylic acids is 1. The van der Waals surface area contributed by atoms with Crippen molar-refractivity contribution in [3.8, 4) is 0 Å². The third-order valence-electron chi connectivity index (χ3n) is 5.12. The number of halogens is 2. The van der Waals surface area contributed by atoms with Crippen molar-refractivity contribution >= 4 is 17.5 Å². The van der Waals surface area contributed by atoms with Gasteiger partial charge in [-0.1, -0.05) is 18.2 Å². The molecule has 31 heavy (non-hydrogen) atoms. The minimum atomic E-state index is -2.97. The summed E-state index contributed by atoms with van der Waals surface area (Å²) in [6.45, 7) is 13.7. The molecule has 1 heterocycles. The lowest BCUT2D eigenvalue weighted by molar-refractivity contribution is -0.0338. The van der Waals surface area contributed by atoms with Gasteiger partial charge in [0, 0.05) is 36.4 Å². The Hall–Kier alpha value is -1.38. The van der Waals surface area contributed by atoms with E-state index < -0.39 is 33.7 Å². The Kier molecular flexibility index (Phi) is 8.04. The lowest BCUT2D eigenvalue weighted by Gasteiger charge is -2.40. The maximum Gasteiger partial charge on any atom is 0.410 e. The van der Waals surface area contributed by atoms with E-state index >= 15 is 0 Å². The van der Waals surface area contributed by atoms with Crippen LogP contribution in [0.5, 0.6) is 0 Å². The van der Waals surface area contributed by atoms with Gasteiger partial charge in [0.25, 0.3) is 5.92 Å². The molecular weight excluding hydrogens is 422 g/mol. The fraction of sp³-hybridized carbons (Fsp3) is 0.696. The number of likely N-dealkylation sites (tertiary alicyclic amines) is 1. The smallest absolute Gasteiger partial charge is 0.410 e. The number of nitrogens with one attached hydrogen (secondary N) is 1. The van der Waals surface area contributed by atoms with Crippen molar-refractivity contribution in [2.24, 2.45) is 5.92 Å². The maximum absolute atomic E-state index is 14.9. The summed E-state index contributed by atoms with van der Waals surface area (Å²) in [5.74, 6) is -2.91. The van der Waals surface area contributed by atoms with Gasteiger partial charge in [0.05, 0.1) is 6.04 Å². The Morgan fingerprint density at radius 2 is 1.87 bits per heavy atom. The van der Waals surface area contributed by atoms with Gasteiger partial charge in [-0.3, -0.25) is 0 Å². The number of alkyl halides is 2. The number of carbonyl (C=O) groups is 1. The van der Waals surface area contributed by atoms with Gasteiger partial charge in [-0.05, 0) is 72.4 Å². The van der Waals surface area contributed by atoms with Crippen molar-refractivity contribution in [2.45, 2.75) is 83.6 Å². The highest BCUT2D eigenvalue weighted by Crippen LogP contribution is 2.37. The number of nitrogens with zero attached hydrogens (tertiary/aromatic N) is 1. The fourth-order valence-corrected chi connectivity index (χ4v) is 4.01. The molecule has 0 aliphatic carbocycles. The Balaban J connectivity index is 1.90. The monoisotopic (exact) mass is 458 g/mol. The summed E-state index contributed by atoms with van der Waals surface area (Å²) in [6.07, 6.45) is -0.338. The molecule has 1 fully saturated rings. The molecule has 1 N–H and O–H groups in total. The standard InChI is InChI=1S/C23H36F2N2O3S/c1-16(26-31(29)22(5,6)7)18-9-8-10-19(13-18)23(24,25)12-11-17-14-27(15-17)20(28)30-21(2,3)4/h8-10,13,16-17,26H,11-12,14-15H2,1-7H3/t16-,31+/m0/s1. The minimum absolute atomic E-state index is 0.0384. The number of hydrogen-bond acceptors (Lipinski definition) is 4. The van der Waals surface area contributed by atoms with Gasteiger partial charge in [-0.25, -0.2) is 13.6 Å². The number of ether oxygens (including phenoxy) is 1. The third-order valence-corrected chi connectivity index (χ3v) is 6.80. The van der Waals surface area contributed by atoms with Crippen LogP contribution in [-0.2, 0) is 22.0 Å². The predicted octanol–water partition coefficient (Wildman–Crippen LogP) is 5.54. The average molecular weight is 459 g/mol. The fourth-order valence-electron chi connectivity index (χ4n) is 3.20. The molecule has 5 nitrogen and oxygen atoms in total. The predicted molar refractivity (Wildman–Crippen MR) is 120 cm³/mol. The zero-order valence-electron chi connectivity index (χ0n) is 19.6. The molecule has 0 spiro atoms. The first kappa shape index (κ1) is 25.9. The zero-order valence-corrected chi connectivity index (χ0v) is 20.4. The van der Waals surface area contributed by atoms with Gasteiger partial charge in [0.15, 0.2) is 0 Å². The SMILES string of the molecule is C[C@H](N[S@+]([O-])C(C)(C)C)c1cccc(C(F)(F)CCC2CN(C(=O)OC(C)(C)C)C2)c1. The molecule has 8 heteroatoms. The van der Waals surface area contributed by atoms with E-state index in [1.165, 1.54) is 12.1 Å². The Morgan fingerprint density at radius 1 is 1.26 bits per heavy atom. The van der Waals surface area contributed by atoms with Crippen LogP contribution in [0, 0.1) is 5.92 Å². The summed E-state index contributed by atoms with van der Waals surface area (Å²) >= 11 is -1.29. The minimum Gasteiger partial charge on any atom is -0.598 e. The van der Waals surface area contributed by atoms with Crippen molar-refractivity contribution < 1.29 is 22.9 Å². The number of hydrogen-bond donors (Lipinski definition) is 1. The highest BCUT2D eigenvalue weighted by Gasteiger charge is 2.38. The van der Waals surface area contributed by atoms with E-state index in [4.69, 9.17) is 4.74 Å². The molecule has 1 aliphatic rings. The van der Waals surface area contributed by atoms with Gasteiger partial charge >= 0.3 is 6.09 Å². The molecule has 1 amide bonds. The summed E-state index contributed by atoms with van der Waals surface area (Å²) in [5, 5.41) is 0. The molecule has 0 radical (unpaired) electrons. The van der Waals surface area contributed by atoms with Crippen molar-refractivity contribution in [3.63, 3.8) is 0 Å². The molecule has 0 aromatic heterocycles. The van der Waals surface area contributed by atoms with Crippen LogP contribution in [0.1, 0.15) is 78.5 Å². The van der Waals surface area contributed by atoms with Crippen LogP contribution >= 0.6 is 0 Å². The van der Waals surface area contributed by atoms with E-state index in [0.29, 0.717) is 25.1 Å². The van der Waals surface area contributed by atoms with Crippen molar-refractivity contribution in [1.29, 1.82) is 0 Å². The molecule has 0 saturated carbocycles. The first-order chi connectivity index (χ1) is 14.1. The molecule has 1 aromatic rings. The summed E-state index contributed by atoms with van der Waals surface area (Å²) in [7, 11) is 0. The van der Waals surface area contributed by atoms with E-state index in [0.717, 1.165) is 0 Å². The lowest BCUT2D eigenvalue weighted by atomic mass is 9.91. The number of benzene rings is 1. The first-order valence-electron chi connectivity index (χ1n) is 10.7. The lowest BCUT2D eigenvalue weighted by Crippen LogP contribution is -2.51. The van der Waals surface area contributed by atoms with Crippen LogP contribution < -0.4 is 4.72 Å². The molecule has 2 rings (SSSR count). The van der Waals surface area contributed by atoms with Crippen LogP contribution in [0.25, 0.3) is 0 Å². The Bertz CT molecular complexity index is 756. The topological polar surface area (TPSA) is 64.6 Å². The van der Waals surface area contributed by atoms with Crippen molar-refractivity contribution in [3.05, 3.63) is 35.4 Å². The van der Waals surface area contributed by atoms with Gasteiger partial charge in [0.1, 0.15) is 10.3 Å². The Morgan fingerprint density at radius 3 is 2.42 bits per heavy atom. The average Bonchev–Trinajstić information content (AvgIpc) is 2.58. The Labute approximate surface area is 188 Å². The van der Waals surface area contributed by atoms with Gasteiger partial charge in [-0.2, -0.15) is 0 Å². The molecule has 1 aromatic carbocycles. The second kappa shape index (κ2) is 9.63. The third kappa shape index (κ3) is 7.61. The molecule has 1 saturated heterocycles. The zero-order chi connectivity index (χ0) is 23.6. The summed E-state index contributed by atoms with van der Waals surface area (Å²) in [5.41, 5.74) is 0.0733. The summed E-state index contributed by atoms with van der Waals surface area (Å²) in [4.78, 5) is 13.5. The quantitative estimate of drug-likeness (QED) is 0.545. The van der Waals surface area contributed by atoms with Crippen LogP contribution in [0.2, 0.25) is 0 Å². The van der Waals surface area contributed by atoms with Crippen LogP contribution in [-0.4, -0.2) is 39.0 Å². The van der Waals surface area contributed by atoms with E-state index in [-0.39, 0.29) is 23.9 Å². The molecular formula is C23H36F2N2O3S. The van der Waals surface area contributed by atoms with E-state index in [2.05, 4.69) is 4.72 Å². The summed E-state index contributed by atoms with van der Waals surface area (Å²) < 4.78 is 49.9. The largest absolute Gasteiger partial charge is 0.598 e. The highest BCUT2D eigenvalue weighted by molar-refractivity contribution is 7.90. The van der Waals surface area contributed by atoms with E-state index in [1.54, 1.807) is 37.8 Å².